The monoisotopic (exact) mass is 376 g/mol. The summed E-state index contributed by atoms with van der Waals surface area (Å²) in [4.78, 5) is 14.5. The molecule has 1 atom stereocenters. The van der Waals surface area contributed by atoms with E-state index < -0.39 is 0 Å². The highest BCUT2D eigenvalue weighted by atomic mass is 16.5. The fraction of sp³-hybridized carbons (Fsp3) is 0.318. The molecule has 4 rings (SSSR count). The van der Waals surface area contributed by atoms with Crippen molar-refractivity contribution in [3.05, 3.63) is 65.9 Å². The summed E-state index contributed by atoms with van der Waals surface area (Å²) >= 11 is 0. The SMILES string of the molecule is Cc1ccc(OC2CCCN(C(=O)NCc3cccc4ccccc34)C2)nn1. The number of carbonyl (C=O) groups is 1. The lowest BCUT2D eigenvalue weighted by Gasteiger charge is -2.32. The molecule has 2 amide bonds. The van der Waals surface area contributed by atoms with Crippen LogP contribution >= 0.6 is 0 Å². The maximum atomic E-state index is 12.7. The molecule has 1 aliphatic heterocycles. The third kappa shape index (κ3) is 4.22. The number of piperidine rings is 1. The third-order valence-electron chi connectivity index (χ3n) is 5.04. The predicted octanol–water partition coefficient (Wildman–Crippen LogP) is 3.69. The maximum Gasteiger partial charge on any atom is 0.317 e. The Hall–Kier alpha value is -3.15. The van der Waals surface area contributed by atoms with E-state index in [0.29, 0.717) is 19.0 Å². The number of aromatic nitrogens is 2. The minimum Gasteiger partial charge on any atom is -0.471 e. The van der Waals surface area contributed by atoms with Crippen molar-refractivity contribution in [1.82, 2.24) is 20.4 Å². The smallest absolute Gasteiger partial charge is 0.317 e. The van der Waals surface area contributed by atoms with Gasteiger partial charge in [-0.3, -0.25) is 0 Å². The van der Waals surface area contributed by atoms with E-state index in [2.05, 4.69) is 39.8 Å². The van der Waals surface area contributed by atoms with Gasteiger partial charge in [0.05, 0.1) is 12.2 Å². The van der Waals surface area contributed by atoms with Gasteiger partial charge in [0, 0.05) is 19.2 Å². The summed E-state index contributed by atoms with van der Waals surface area (Å²) in [5, 5.41) is 13.5. The van der Waals surface area contributed by atoms with Crippen LogP contribution in [-0.4, -0.2) is 40.3 Å². The van der Waals surface area contributed by atoms with Gasteiger partial charge in [-0.05, 0) is 42.2 Å². The molecule has 3 aromatic rings. The third-order valence-corrected chi connectivity index (χ3v) is 5.04. The lowest BCUT2D eigenvalue weighted by Crippen LogP contribution is -2.48. The van der Waals surface area contributed by atoms with Gasteiger partial charge in [0.25, 0.3) is 0 Å². The Morgan fingerprint density at radius 1 is 1.14 bits per heavy atom. The zero-order valence-electron chi connectivity index (χ0n) is 16.0. The van der Waals surface area contributed by atoms with Crippen LogP contribution in [0.3, 0.4) is 0 Å². The van der Waals surface area contributed by atoms with Crippen molar-refractivity contribution < 1.29 is 9.53 Å². The quantitative estimate of drug-likeness (QED) is 0.754. The molecular formula is C22H24N4O2. The standard InChI is InChI=1S/C22H24N4O2/c1-16-11-12-21(25-24-16)28-19-9-5-13-26(15-19)22(27)23-14-18-8-4-7-17-6-2-3-10-20(17)18/h2-4,6-8,10-12,19H,5,9,13-15H2,1H3,(H,23,27). The summed E-state index contributed by atoms with van der Waals surface area (Å²) < 4.78 is 5.92. The Balaban J connectivity index is 1.35. The van der Waals surface area contributed by atoms with Gasteiger partial charge in [-0.2, -0.15) is 5.10 Å². The molecule has 0 saturated carbocycles. The topological polar surface area (TPSA) is 67.3 Å². The number of nitrogens with zero attached hydrogens (tertiary/aromatic N) is 3. The highest BCUT2D eigenvalue weighted by Crippen LogP contribution is 2.19. The van der Waals surface area contributed by atoms with E-state index >= 15 is 0 Å². The van der Waals surface area contributed by atoms with E-state index in [1.165, 1.54) is 10.8 Å². The van der Waals surface area contributed by atoms with Crippen LogP contribution in [0.4, 0.5) is 4.79 Å². The van der Waals surface area contributed by atoms with Gasteiger partial charge in [-0.25, -0.2) is 4.79 Å². The Morgan fingerprint density at radius 2 is 2.00 bits per heavy atom. The second-order valence-electron chi connectivity index (χ2n) is 7.14. The Morgan fingerprint density at radius 3 is 2.86 bits per heavy atom. The van der Waals surface area contributed by atoms with Crippen molar-refractivity contribution >= 4 is 16.8 Å². The maximum absolute atomic E-state index is 12.7. The second kappa shape index (κ2) is 8.25. The van der Waals surface area contributed by atoms with Gasteiger partial charge in [-0.1, -0.05) is 42.5 Å². The second-order valence-corrected chi connectivity index (χ2v) is 7.14. The molecular weight excluding hydrogens is 352 g/mol. The summed E-state index contributed by atoms with van der Waals surface area (Å²) in [7, 11) is 0. The number of ether oxygens (including phenoxy) is 1. The fourth-order valence-electron chi connectivity index (χ4n) is 3.57. The van der Waals surface area contributed by atoms with Crippen LogP contribution in [0.1, 0.15) is 24.1 Å². The van der Waals surface area contributed by atoms with Gasteiger partial charge in [-0.15, -0.1) is 5.10 Å². The van der Waals surface area contributed by atoms with E-state index in [1.807, 2.05) is 42.2 Å². The molecule has 1 N–H and O–H groups in total. The molecule has 1 aliphatic rings. The van der Waals surface area contributed by atoms with Crippen LogP contribution in [0, 0.1) is 6.92 Å². The van der Waals surface area contributed by atoms with Crippen molar-refractivity contribution in [1.29, 1.82) is 0 Å². The fourth-order valence-corrected chi connectivity index (χ4v) is 3.57. The van der Waals surface area contributed by atoms with Crippen LogP contribution in [0.2, 0.25) is 0 Å². The Labute approximate surface area is 164 Å². The van der Waals surface area contributed by atoms with E-state index in [9.17, 15) is 4.79 Å². The molecule has 0 bridgehead atoms. The van der Waals surface area contributed by atoms with Crippen LogP contribution in [0.5, 0.6) is 5.88 Å². The molecule has 0 aliphatic carbocycles. The number of carbonyl (C=O) groups excluding carboxylic acids is 1. The molecule has 1 unspecified atom stereocenters. The summed E-state index contributed by atoms with van der Waals surface area (Å²) in [5.41, 5.74) is 1.97. The number of hydrogen-bond donors (Lipinski definition) is 1. The van der Waals surface area contributed by atoms with Crippen LogP contribution in [0.15, 0.2) is 54.6 Å². The number of rotatable bonds is 4. The first-order valence-electron chi connectivity index (χ1n) is 9.65. The number of amides is 2. The van der Waals surface area contributed by atoms with Crippen molar-refractivity contribution in [3.8, 4) is 5.88 Å². The number of nitrogens with one attached hydrogen (secondary N) is 1. The largest absolute Gasteiger partial charge is 0.471 e. The molecule has 2 heterocycles. The molecule has 0 radical (unpaired) electrons. The molecule has 1 aromatic heterocycles. The van der Waals surface area contributed by atoms with E-state index in [1.54, 1.807) is 0 Å². The number of hydrogen-bond acceptors (Lipinski definition) is 4. The Kier molecular flexibility index (Phi) is 5.37. The predicted molar refractivity (Wildman–Crippen MR) is 108 cm³/mol. The van der Waals surface area contributed by atoms with Gasteiger partial charge < -0.3 is 15.0 Å². The summed E-state index contributed by atoms with van der Waals surface area (Å²) in [6.45, 7) is 3.68. The number of benzene rings is 2. The van der Waals surface area contributed by atoms with Gasteiger partial charge in [0.1, 0.15) is 6.10 Å². The molecule has 2 aromatic carbocycles. The minimum absolute atomic E-state index is 0.0591. The van der Waals surface area contributed by atoms with E-state index in [4.69, 9.17) is 4.74 Å². The summed E-state index contributed by atoms with van der Waals surface area (Å²) in [6.07, 6.45) is 1.75. The average molecular weight is 376 g/mol. The number of likely N-dealkylation sites (tertiary alicyclic amines) is 1. The summed E-state index contributed by atoms with van der Waals surface area (Å²) in [6, 6.07) is 18.0. The molecule has 6 heteroatoms. The average Bonchev–Trinajstić information content (AvgIpc) is 2.74. The first kappa shape index (κ1) is 18.2. The molecule has 144 valence electrons. The number of fused-ring (bicyclic) bond motifs is 1. The highest BCUT2D eigenvalue weighted by molar-refractivity contribution is 5.86. The zero-order valence-corrected chi connectivity index (χ0v) is 16.0. The van der Waals surface area contributed by atoms with Crippen LogP contribution in [-0.2, 0) is 6.54 Å². The molecule has 6 nitrogen and oxygen atoms in total. The first-order valence-corrected chi connectivity index (χ1v) is 9.65. The lowest BCUT2D eigenvalue weighted by molar-refractivity contribution is 0.0969. The van der Waals surface area contributed by atoms with Crippen LogP contribution < -0.4 is 10.1 Å². The molecule has 1 saturated heterocycles. The number of urea groups is 1. The van der Waals surface area contributed by atoms with Gasteiger partial charge >= 0.3 is 6.03 Å². The number of aryl methyl sites for hydroxylation is 1. The van der Waals surface area contributed by atoms with Crippen molar-refractivity contribution in [2.45, 2.75) is 32.4 Å². The highest BCUT2D eigenvalue weighted by Gasteiger charge is 2.25. The molecule has 1 fully saturated rings. The first-order chi connectivity index (χ1) is 13.7. The molecule has 0 spiro atoms. The van der Waals surface area contributed by atoms with E-state index in [0.717, 1.165) is 30.6 Å². The van der Waals surface area contributed by atoms with Gasteiger partial charge in [0.2, 0.25) is 5.88 Å². The Bertz CT molecular complexity index is 953. The molecule has 28 heavy (non-hydrogen) atoms. The van der Waals surface area contributed by atoms with Crippen LogP contribution in [0.25, 0.3) is 10.8 Å². The summed E-state index contributed by atoms with van der Waals surface area (Å²) in [5.74, 6) is 0.508. The minimum atomic E-state index is -0.0611. The zero-order chi connectivity index (χ0) is 19.3. The van der Waals surface area contributed by atoms with Crippen molar-refractivity contribution in [2.24, 2.45) is 0 Å². The van der Waals surface area contributed by atoms with E-state index in [-0.39, 0.29) is 12.1 Å². The van der Waals surface area contributed by atoms with Crippen molar-refractivity contribution in [2.75, 3.05) is 13.1 Å². The lowest BCUT2D eigenvalue weighted by atomic mass is 10.0. The van der Waals surface area contributed by atoms with Gasteiger partial charge in [0.15, 0.2) is 0 Å². The van der Waals surface area contributed by atoms with Crippen molar-refractivity contribution in [3.63, 3.8) is 0 Å². The normalized spacial score (nSPS) is 16.8.